The van der Waals surface area contributed by atoms with E-state index in [1.54, 1.807) is 0 Å². The van der Waals surface area contributed by atoms with Crippen molar-refractivity contribution in [3.05, 3.63) is 0 Å². The van der Waals surface area contributed by atoms with E-state index < -0.39 is 29.1 Å². The van der Waals surface area contributed by atoms with Crippen LogP contribution in [0.4, 0.5) is 0 Å². The Kier molecular flexibility index (Phi) is 32.8. The van der Waals surface area contributed by atoms with E-state index in [2.05, 4.69) is 0 Å². The summed E-state index contributed by atoms with van der Waals surface area (Å²) < 4.78 is 0. The van der Waals surface area contributed by atoms with Crippen molar-refractivity contribution < 1.29 is 118 Å². The molecule has 0 spiro atoms. The van der Waals surface area contributed by atoms with Gasteiger partial charge in [0.05, 0.1) is 0 Å². The van der Waals surface area contributed by atoms with Gasteiger partial charge in [0.2, 0.25) is 0 Å². The normalized spacial score (nSPS) is 9.14. The van der Waals surface area contributed by atoms with Gasteiger partial charge in [-0.3, -0.25) is 0 Å². The van der Waals surface area contributed by atoms with E-state index in [1.807, 2.05) is 0 Å². The zero-order valence-corrected chi connectivity index (χ0v) is 23.2. The number of carbonyl (C=O) groups is 3. The van der Waals surface area contributed by atoms with Crippen molar-refractivity contribution in [3.8, 4) is 0 Å². The maximum Gasteiger partial charge on any atom is 1.00 e. The van der Waals surface area contributed by atoms with Gasteiger partial charge >= 0.3 is 214 Å². The Labute approximate surface area is 210 Å². The van der Waals surface area contributed by atoms with Gasteiger partial charge in [0, 0.05) is 0 Å². The SMILES string of the molecule is O=C([O-])CCS[As](SCCC(=O)[O-])SCCC(=O)[O-].[Na+].[Na+].[Na+]. The minimum atomic E-state index is -1.60. The third kappa shape index (κ3) is 25.3. The van der Waals surface area contributed by atoms with Crippen LogP contribution in [0.5, 0.6) is 0 Å². The van der Waals surface area contributed by atoms with Crippen LogP contribution in [0.1, 0.15) is 19.3 Å². The smallest absolute Gasteiger partial charge is 1.00 e. The van der Waals surface area contributed by atoms with Gasteiger partial charge in [-0.1, -0.05) is 0 Å². The van der Waals surface area contributed by atoms with Crippen LogP contribution in [0.15, 0.2) is 0 Å². The number of carbonyl (C=O) groups excluding carboxylic acids is 3. The molecule has 0 aromatic rings. The molecule has 0 saturated heterocycles. The molecule has 0 aromatic heterocycles. The van der Waals surface area contributed by atoms with Crippen LogP contribution >= 0.6 is 30.1 Å². The molecular formula is C9H12AsNa3O6S3. The molecule has 0 radical (unpaired) electrons. The molecule has 6 nitrogen and oxygen atoms in total. The van der Waals surface area contributed by atoms with Crippen LogP contribution in [-0.4, -0.2) is 46.3 Å². The Balaban J connectivity index is -0.000000540. The van der Waals surface area contributed by atoms with Crippen molar-refractivity contribution in [1.29, 1.82) is 0 Å². The molecule has 0 heterocycles. The van der Waals surface area contributed by atoms with E-state index in [4.69, 9.17) is 0 Å². The largest absolute Gasteiger partial charge is 1.00 e. The second kappa shape index (κ2) is 22.1. The number of hydrogen-bond acceptors (Lipinski definition) is 9. The van der Waals surface area contributed by atoms with E-state index in [1.165, 1.54) is 30.1 Å². The summed E-state index contributed by atoms with van der Waals surface area (Å²) in [5.74, 6) is -2.17. The third-order valence-corrected chi connectivity index (χ3v) is 20.6. The predicted molar refractivity (Wildman–Crippen MR) is 72.0 cm³/mol. The molecule has 110 valence electrons. The third-order valence-electron chi connectivity index (χ3n) is 1.51. The number of carboxylic acid groups (broad SMARTS) is 3. The van der Waals surface area contributed by atoms with E-state index in [0.717, 1.165) is 0 Å². The summed E-state index contributed by atoms with van der Waals surface area (Å²) in [6.45, 7) is 0. The fraction of sp³-hybridized carbons (Fsp3) is 0.667. The minimum absolute atomic E-state index is 0. The summed E-state index contributed by atoms with van der Waals surface area (Å²) >= 11 is -1.60. The molecule has 0 fully saturated rings. The molecule has 0 amide bonds. The first kappa shape index (κ1) is 32.7. The Morgan fingerprint density at radius 1 is 0.636 bits per heavy atom. The average molecular weight is 456 g/mol. The molecule has 0 rings (SSSR count). The van der Waals surface area contributed by atoms with Gasteiger partial charge in [-0.05, 0) is 0 Å². The topological polar surface area (TPSA) is 120 Å². The molecule has 0 aliphatic rings. The van der Waals surface area contributed by atoms with Gasteiger partial charge < -0.3 is 0 Å². The second-order valence-corrected chi connectivity index (χ2v) is 20.2. The van der Waals surface area contributed by atoms with Gasteiger partial charge in [0.15, 0.2) is 0 Å². The summed E-state index contributed by atoms with van der Waals surface area (Å²) in [6.07, 6.45) is -0.173. The molecule has 0 atom stereocenters. The maximum absolute atomic E-state index is 10.3. The minimum Gasteiger partial charge on any atom is 1.00 e. The zero-order valence-electron chi connectivity index (χ0n) is 12.9. The van der Waals surface area contributed by atoms with Crippen LogP contribution in [0, 0.1) is 0 Å². The van der Waals surface area contributed by atoms with Crippen molar-refractivity contribution in [2.45, 2.75) is 19.3 Å². The summed E-state index contributed by atoms with van der Waals surface area (Å²) in [7, 11) is 4.43. The molecule has 0 aliphatic heterocycles. The second-order valence-electron chi connectivity index (χ2n) is 3.09. The molecule has 13 heteroatoms. The zero-order chi connectivity index (χ0) is 14.7. The Bertz CT molecular complexity index is 279. The quantitative estimate of drug-likeness (QED) is 0.264. The summed E-state index contributed by atoms with van der Waals surface area (Å²) in [5.41, 5.74) is 0. The number of aliphatic carboxylic acids is 3. The molecule has 0 N–H and O–H groups in total. The van der Waals surface area contributed by atoms with Gasteiger partial charge in [-0.15, -0.1) is 0 Å². The Hall–Kier alpha value is 3.02. The monoisotopic (exact) mass is 456 g/mol. The van der Waals surface area contributed by atoms with Gasteiger partial charge in [0.1, 0.15) is 0 Å². The maximum atomic E-state index is 10.3. The average Bonchev–Trinajstić information content (AvgIpc) is 2.26. The molecule has 0 aliphatic carbocycles. The fourth-order valence-corrected chi connectivity index (χ4v) is 18.6. The van der Waals surface area contributed by atoms with E-state index >= 15 is 0 Å². The van der Waals surface area contributed by atoms with Crippen LogP contribution in [0.3, 0.4) is 0 Å². The van der Waals surface area contributed by atoms with E-state index in [0.29, 0.717) is 17.3 Å². The van der Waals surface area contributed by atoms with Gasteiger partial charge in [-0.25, -0.2) is 0 Å². The first-order valence-electron chi connectivity index (χ1n) is 5.20. The number of carboxylic acids is 3. The van der Waals surface area contributed by atoms with Crippen molar-refractivity contribution >= 4 is 59.2 Å². The standard InChI is InChI=1S/C9H15AsO6S3.3Na/c11-7(12)1-4-17-10(18-5-2-8(13)14)19-6-3-9(15)16;;;/h1-6H2,(H,11,12)(H,13,14)(H,15,16);;;/q;3*+1/p-3. The van der Waals surface area contributed by atoms with E-state index in [9.17, 15) is 29.7 Å². The van der Waals surface area contributed by atoms with Crippen molar-refractivity contribution in [3.63, 3.8) is 0 Å². The van der Waals surface area contributed by atoms with Crippen LogP contribution < -0.4 is 104 Å². The molecule has 22 heavy (non-hydrogen) atoms. The van der Waals surface area contributed by atoms with Crippen LogP contribution in [-0.2, 0) is 14.4 Å². The molecular weight excluding hydrogens is 444 g/mol. The van der Waals surface area contributed by atoms with Crippen molar-refractivity contribution in [2.24, 2.45) is 0 Å². The summed E-state index contributed by atoms with van der Waals surface area (Å²) in [5, 5.41) is 30.9. The van der Waals surface area contributed by atoms with Crippen molar-refractivity contribution in [2.75, 3.05) is 17.3 Å². The van der Waals surface area contributed by atoms with Crippen LogP contribution in [0.25, 0.3) is 0 Å². The first-order valence-corrected chi connectivity index (χ1v) is 14.9. The van der Waals surface area contributed by atoms with Crippen molar-refractivity contribution in [1.82, 2.24) is 0 Å². The predicted octanol–water partition coefficient (Wildman–Crippen LogP) is -11.4. The Morgan fingerprint density at radius 3 is 1.05 bits per heavy atom. The number of rotatable bonds is 12. The first-order chi connectivity index (χ1) is 8.91. The number of hydrogen-bond donors (Lipinski definition) is 0. The molecule has 0 bridgehead atoms. The van der Waals surface area contributed by atoms with Gasteiger partial charge in [-0.2, -0.15) is 0 Å². The molecule has 0 unspecified atom stereocenters. The van der Waals surface area contributed by atoms with Gasteiger partial charge in [0.25, 0.3) is 0 Å². The fourth-order valence-electron chi connectivity index (χ4n) is 0.722. The van der Waals surface area contributed by atoms with Crippen LogP contribution in [0.2, 0.25) is 0 Å². The molecule has 0 saturated carbocycles. The Morgan fingerprint density at radius 2 is 0.864 bits per heavy atom. The summed E-state index contributed by atoms with van der Waals surface area (Å²) in [4.78, 5) is 30.9. The summed E-state index contributed by atoms with van der Waals surface area (Å²) in [6, 6.07) is 0. The van der Waals surface area contributed by atoms with E-state index in [-0.39, 0.29) is 108 Å². The molecule has 0 aromatic carbocycles.